The highest BCUT2D eigenvalue weighted by Gasteiger charge is 2.27. The second-order valence-corrected chi connectivity index (χ2v) is 8.27. The van der Waals surface area contributed by atoms with Gasteiger partial charge < -0.3 is 19.1 Å². The molecule has 0 atom stereocenters. The first-order valence-corrected chi connectivity index (χ1v) is 11.5. The summed E-state index contributed by atoms with van der Waals surface area (Å²) in [5, 5.41) is 6.07. The molecule has 0 unspecified atom stereocenters. The summed E-state index contributed by atoms with van der Waals surface area (Å²) >= 11 is 0. The number of amidine groups is 1. The number of carbonyl (C=O) groups excluding carboxylic acids is 1. The molecule has 9 nitrogen and oxygen atoms in total. The lowest BCUT2D eigenvalue weighted by Crippen LogP contribution is -2.46. The second-order valence-electron chi connectivity index (χ2n) is 8.27. The highest BCUT2D eigenvalue weighted by Crippen LogP contribution is 2.24. The van der Waals surface area contributed by atoms with Gasteiger partial charge in [0.2, 0.25) is 5.91 Å². The zero-order valence-corrected chi connectivity index (χ0v) is 19.5. The first kappa shape index (κ1) is 24.4. The Morgan fingerprint density at radius 1 is 1.22 bits per heavy atom. The SMILES string of the molecule is COC(CN(C(=O)CCOCCc1cccc(C2=NNNN2C)c1)C1CCCCC1)OC. The zero-order chi connectivity index (χ0) is 22.8. The standard InChI is InChI=1S/C23H37N5O4/c1-27-23(24-25-26-27)19-9-7-8-18(16-19)12-14-32-15-13-21(29)28(17-22(30-2)31-3)20-10-5-4-6-11-20/h7-9,16,20,22,25-26H,4-6,10-15,17H2,1-3H3. The van der Waals surface area contributed by atoms with Crippen LogP contribution >= 0.6 is 0 Å². The van der Waals surface area contributed by atoms with E-state index < -0.39 is 6.29 Å². The Morgan fingerprint density at radius 3 is 2.69 bits per heavy atom. The number of methoxy groups -OCH3 is 2. The van der Waals surface area contributed by atoms with E-state index in [1.54, 1.807) is 14.2 Å². The summed E-state index contributed by atoms with van der Waals surface area (Å²) in [7, 11) is 5.13. The number of hydrazine groups is 2. The molecule has 1 fully saturated rings. The van der Waals surface area contributed by atoms with Gasteiger partial charge >= 0.3 is 0 Å². The molecular formula is C23H37N5O4. The quantitative estimate of drug-likeness (QED) is 0.374. The molecule has 9 heteroatoms. The number of carbonyl (C=O) groups is 1. The number of rotatable bonds is 12. The summed E-state index contributed by atoms with van der Waals surface area (Å²) < 4.78 is 16.5. The predicted octanol–water partition coefficient (Wildman–Crippen LogP) is 2.03. The molecule has 1 aromatic carbocycles. The average Bonchev–Trinajstić information content (AvgIpc) is 3.26. The van der Waals surface area contributed by atoms with Crippen molar-refractivity contribution in [2.75, 3.05) is 41.0 Å². The van der Waals surface area contributed by atoms with Crippen LogP contribution in [0.1, 0.15) is 49.7 Å². The highest BCUT2D eigenvalue weighted by atomic mass is 16.7. The topological polar surface area (TPSA) is 87.7 Å². The second kappa shape index (κ2) is 12.7. The van der Waals surface area contributed by atoms with Crippen molar-refractivity contribution in [2.45, 2.75) is 57.3 Å². The highest BCUT2D eigenvalue weighted by molar-refractivity contribution is 5.98. The molecule has 2 N–H and O–H groups in total. The minimum absolute atomic E-state index is 0.111. The molecule has 1 aliphatic heterocycles. The van der Waals surface area contributed by atoms with E-state index in [1.165, 1.54) is 24.8 Å². The molecule has 0 saturated heterocycles. The Bertz CT molecular complexity index is 750. The Kier molecular flexibility index (Phi) is 9.73. The fourth-order valence-electron chi connectivity index (χ4n) is 4.25. The Morgan fingerprint density at radius 2 is 2.00 bits per heavy atom. The van der Waals surface area contributed by atoms with Crippen molar-refractivity contribution in [1.29, 1.82) is 0 Å². The molecule has 0 spiro atoms. The molecule has 1 aromatic rings. The van der Waals surface area contributed by atoms with Crippen LogP contribution in [-0.4, -0.2) is 75.0 Å². The van der Waals surface area contributed by atoms with E-state index in [2.05, 4.69) is 28.3 Å². The minimum atomic E-state index is -0.400. The summed E-state index contributed by atoms with van der Waals surface area (Å²) in [5.74, 6) is 0.951. The lowest BCUT2D eigenvalue weighted by Gasteiger charge is -2.36. The number of amides is 1. The molecular weight excluding hydrogens is 410 g/mol. The number of hydrazone groups is 1. The van der Waals surface area contributed by atoms with Gasteiger partial charge in [0.05, 0.1) is 26.2 Å². The summed E-state index contributed by atoms with van der Waals surface area (Å²) in [6, 6.07) is 8.51. The van der Waals surface area contributed by atoms with Crippen LogP contribution in [0.15, 0.2) is 29.4 Å². The van der Waals surface area contributed by atoms with Crippen LogP contribution in [0.2, 0.25) is 0 Å². The largest absolute Gasteiger partial charge is 0.381 e. The van der Waals surface area contributed by atoms with Gasteiger partial charge in [0.25, 0.3) is 0 Å². The maximum atomic E-state index is 13.0. The van der Waals surface area contributed by atoms with Crippen LogP contribution < -0.4 is 11.1 Å². The molecule has 1 amide bonds. The summed E-state index contributed by atoms with van der Waals surface area (Å²) in [5.41, 5.74) is 7.87. The minimum Gasteiger partial charge on any atom is -0.381 e. The van der Waals surface area contributed by atoms with Crippen LogP contribution in [0.25, 0.3) is 0 Å². The maximum absolute atomic E-state index is 13.0. The van der Waals surface area contributed by atoms with Crippen LogP contribution in [0.3, 0.4) is 0 Å². The van der Waals surface area contributed by atoms with Gasteiger partial charge in [0.15, 0.2) is 12.1 Å². The van der Waals surface area contributed by atoms with Crippen molar-refractivity contribution < 1.29 is 19.0 Å². The van der Waals surface area contributed by atoms with E-state index >= 15 is 0 Å². The number of nitrogens with one attached hydrogen (secondary N) is 2. The normalized spacial score (nSPS) is 16.9. The Hall–Kier alpha value is -2.20. The van der Waals surface area contributed by atoms with Crippen molar-refractivity contribution in [3.63, 3.8) is 0 Å². The van der Waals surface area contributed by atoms with Crippen molar-refractivity contribution in [3.05, 3.63) is 35.4 Å². The molecule has 0 bridgehead atoms. The number of hydrogen-bond acceptors (Lipinski definition) is 8. The van der Waals surface area contributed by atoms with Crippen molar-refractivity contribution in [3.8, 4) is 0 Å². The monoisotopic (exact) mass is 447 g/mol. The van der Waals surface area contributed by atoms with Gasteiger partial charge in [-0.25, -0.2) is 5.53 Å². The van der Waals surface area contributed by atoms with Crippen LogP contribution in [0, 0.1) is 0 Å². The van der Waals surface area contributed by atoms with Gasteiger partial charge in [-0.05, 0) is 30.9 Å². The van der Waals surface area contributed by atoms with E-state index in [-0.39, 0.29) is 11.9 Å². The Labute approximate surface area is 191 Å². The molecule has 178 valence electrons. The summed E-state index contributed by atoms with van der Waals surface area (Å²) in [6.07, 6.45) is 6.44. The molecule has 32 heavy (non-hydrogen) atoms. The van der Waals surface area contributed by atoms with Crippen molar-refractivity contribution >= 4 is 11.7 Å². The number of ether oxygens (including phenoxy) is 3. The van der Waals surface area contributed by atoms with Crippen molar-refractivity contribution in [2.24, 2.45) is 5.10 Å². The van der Waals surface area contributed by atoms with Gasteiger partial charge in [-0.2, -0.15) is 0 Å². The first-order chi connectivity index (χ1) is 15.6. The lowest BCUT2D eigenvalue weighted by molar-refractivity contribution is -0.151. The van der Waals surface area contributed by atoms with E-state index in [4.69, 9.17) is 14.2 Å². The number of benzene rings is 1. The fourth-order valence-corrected chi connectivity index (χ4v) is 4.25. The van der Waals surface area contributed by atoms with Gasteiger partial charge in [-0.15, -0.1) is 10.6 Å². The van der Waals surface area contributed by atoms with E-state index in [9.17, 15) is 4.79 Å². The average molecular weight is 448 g/mol. The van der Waals surface area contributed by atoms with Gasteiger partial charge in [0, 0.05) is 32.9 Å². The molecule has 1 heterocycles. The maximum Gasteiger partial charge on any atom is 0.225 e. The number of nitrogens with zero attached hydrogens (tertiary/aromatic N) is 3. The van der Waals surface area contributed by atoms with Gasteiger partial charge in [-0.3, -0.25) is 9.80 Å². The molecule has 2 aliphatic rings. The third-order valence-corrected chi connectivity index (χ3v) is 6.09. The third-order valence-electron chi connectivity index (χ3n) is 6.09. The summed E-state index contributed by atoms with van der Waals surface area (Å²) in [6.45, 7) is 1.44. The molecule has 0 radical (unpaired) electrons. The smallest absolute Gasteiger partial charge is 0.225 e. The van der Waals surface area contributed by atoms with Crippen molar-refractivity contribution in [1.82, 2.24) is 21.0 Å². The third kappa shape index (κ3) is 6.90. The van der Waals surface area contributed by atoms with Crippen LogP contribution in [0.5, 0.6) is 0 Å². The van der Waals surface area contributed by atoms with Crippen LogP contribution in [0.4, 0.5) is 0 Å². The van der Waals surface area contributed by atoms with Gasteiger partial charge in [0.1, 0.15) is 0 Å². The fraction of sp³-hybridized carbons (Fsp3) is 0.652. The van der Waals surface area contributed by atoms with Crippen LogP contribution in [-0.2, 0) is 25.4 Å². The van der Waals surface area contributed by atoms with E-state index in [0.717, 1.165) is 30.7 Å². The zero-order valence-electron chi connectivity index (χ0n) is 19.5. The lowest BCUT2D eigenvalue weighted by atomic mass is 9.94. The molecule has 1 aliphatic carbocycles. The van der Waals surface area contributed by atoms with E-state index in [0.29, 0.717) is 26.2 Å². The summed E-state index contributed by atoms with van der Waals surface area (Å²) in [4.78, 5) is 14.9. The Balaban J connectivity index is 1.44. The van der Waals surface area contributed by atoms with E-state index in [1.807, 2.05) is 29.1 Å². The molecule has 0 aromatic heterocycles. The number of hydrogen-bond donors (Lipinski definition) is 2. The van der Waals surface area contributed by atoms with Gasteiger partial charge in [-0.1, -0.05) is 37.5 Å². The molecule has 1 saturated carbocycles. The molecule has 3 rings (SSSR count). The predicted molar refractivity (Wildman–Crippen MR) is 123 cm³/mol. The first-order valence-electron chi connectivity index (χ1n) is 11.5.